The van der Waals surface area contributed by atoms with Crippen LogP contribution in [0.3, 0.4) is 0 Å². The maximum absolute atomic E-state index is 13.3. The topological polar surface area (TPSA) is 75.9 Å². The van der Waals surface area contributed by atoms with E-state index in [4.69, 9.17) is 17.4 Å². The number of hydrogen-bond donors (Lipinski definition) is 3. The van der Waals surface area contributed by atoms with Gasteiger partial charge in [-0.25, -0.2) is 15.2 Å². The molecule has 0 fully saturated rings. The lowest BCUT2D eigenvalue weighted by Gasteiger charge is -2.09. The minimum atomic E-state index is -0.510. The predicted octanol–water partition coefficient (Wildman–Crippen LogP) is 3.06. The number of nitrogens with zero attached hydrogens (tertiary/aromatic N) is 2. The summed E-state index contributed by atoms with van der Waals surface area (Å²) < 4.78 is 13.9. The Labute approximate surface area is 116 Å². The molecule has 5 nitrogen and oxygen atoms in total. The fraction of sp³-hybridized carbons (Fsp3) is 0. The smallest absolute Gasteiger partial charge is 0.239 e. The van der Waals surface area contributed by atoms with Crippen LogP contribution in [0.1, 0.15) is 0 Å². The van der Waals surface area contributed by atoms with E-state index in [9.17, 15) is 4.39 Å². The Balaban J connectivity index is 2.30. The molecule has 0 bridgehead atoms. The highest BCUT2D eigenvalue weighted by Gasteiger charge is 2.06. The SMILES string of the molecule is NNc1ncc(Br)c(Nc2ccc(Cl)c(F)c2)n1. The number of hydrogen-bond acceptors (Lipinski definition) is 5. The molecule has 1 aromatic carbocycles. The second-order valence-electron chi connectivity index (χ2n) is 3.29. The number of hydrazine groups is 1. The third kappa shape index (κ3) is 2.87. The van der Waals surface area contributed by atoms with Gasteiger partial charge in [-0.15, -0.1) is 0 Å². The van der Waals surface area contributed by atoms with E-state index in [1.807, 2.05) is 0 Å². The highest BCUT2D eigenvalue weighted by atomic mass is 79.9. The van der Waals surface area contributed by atoms with Gasteiger partial charge in [-0.3, -0.25) is 5.43 Å². The molecule has 0 unspecified atom stereocenters. The predicted molar refractivity (Wildman–Crippen MR) is 72.2 cm³/mol. The quantitative estimate of drug-likeness (QED) is 0.595. The Morgan fingerprint density at radius 2 is 2.17 bits per heavy atom. The molecule has 1 heterocycles. The number of benzene rings is 1. The van der Waals surface area contributed by atoms with Gasteiger partial charge >= 0.3 is 0 Å². The van der Waals surface area contributed by atoms with Crippen molar-refractivity contribution in [1.82, 2.24) is 9.97 Å². The second-order valence-corrected chi connectivity index (χ2v) is 4.55. The van der Waals surface area contributed by atoms with Gasteiger partial charge in [0.15, 0.2) is 0 Å². The van der Waals surface area contributed by atoms with Crippen LogP contribution >= 0.6 is 27.5 Å². The van der Waals surface area contributed by atoms with Crippen molar-refractivity contribution in [2.75, 3.05) is 10.7 Å². The van der Waals surface area contributed by atoms with E-state index < -0.39 is 5.82 Å². The summed E-state index contributed by atoms with van der Waals surface area (Å²) in [4.78, 5) is 7.98. The first-order valence-electron chi connectivity index (χ1n) is 4.81. The van der Waals surface area contributed by atoms with Crippen LogP contribution in [0.4, 0.5) is 21.8 Å². The van der Waals surface area contributed by atoms with Gasteiger partial charge in [0.05, 0.1) is 9.50 Å². The molecular formula is C10H8BrClFN5. The number of anilines is 3. The summed E-state index contributed by atoms with van der Waals surface area (Å²) in [5.74, 6) is 5.40. The number of rotatable bonds is 3. The summed E-state index contributed by atoms with van der Waals surface area (Å²) in [6, 6.07) is 4.36. The van der Waals surface area contributed by atoms with Crippen molar-refractivity contribution in [2.24, 2.45) is 5.84 Å². The van der Waals surface area contributed by atoms with Crippen LogP contribution in [0.25, 0.3) is 0 Å². The number of nitrogen functional groups attached to an aromatic ring is 1. The highest BCUT2D eigenvalue weighted by Crippen LogP contribution is 2.26. The molecule has 0 amide bonds. The van der Waals surface area contributed by atoms with Crippen LogP contribution in [0, 0.1) is 5.82 Å². The molecule has 0 spiro atoms. The van der Waals surface area contributed by atoms with Crippen molar-refractivity contribution in [3.8, 4) is 0 Å². The molecule has 94 valence electrons. The van der Waals surface area contributed by atoms with Crippen molar-refractivity contribution >= 4 is 45.0 Å². The fourth-order valence-electron chi connectivity index (χ4n) is 1.23. The first-order chi connectivity index (χ1) is 8.60. The lowest BCUT2D eigenvalue weighted by molar-refractivity contribution is 0.629. The molecule has 2 aromatic rings. The van der Waals surface area contributed by atoms with Crippen molar-refractivity contribution in [1.29, 1.82) is 0 Å². The third-order valence-corrected chi connectivity index (χ3v) is 2.94. The molecule has 0 aliphatic rings. The molecule has 1 aromatic heterocycles. The Morgan fingerprint density at radius 1 is 1.39 bits per heavy atom. The molecule has 0 aliphatic carbocycles. The normalized spacial score (nSPS) is 10.2. The average molecular weight is 333 g/mol. The van der Waals surface area contributed by atoms with Crippen LogP contribution in [0.2, 0.25) is 5.02 Å². The maximum atomic E-state index is 13.3. The molecule has 2 rings (SSSR count). The van der Waals surface area contributed by atoms with Gasteiger partial charge in [-0.2, -0.15) is 4.98 Å². The number of nitrogens with two attached hydrogens (primary N) is 1. The first kappa shape index (κ1) is 13.0. The van der Waals surface area contributed by atoms with Gasteiger partial charge in [-0.05, 0) is 34.1 Å². The Hall–Kier alpha value is -1.44. The molecule has 0 atom stereocenters. The van der Waals surface area contributed by atoms with E-state index >= 15 is 0 Å². The van der Waals surface area contributed by atoms with Gasteiger partial charge in [0.1, 0.15) is 11.6 Å². The van der Waals surface area contributed by atoms with Gasteiger partial charge < -0.3 is 5.32 Å². The number of halogens is 3. The fourth-order valence-corrected chi connectivity index (χ4v) is 1.64. The molecular weight excluding hydrogens is 324 g/mol. The monoisotopic (exact) mass is 331 g/mol. The minimum Gasteiger partial charge on any atom is -0.339 e. The average Bonchev–Trinajstić information content (AvgIpc) is 2.36. The summed E-state index contributed by atoms with van der Waals surface area (Å²) >= 11 is 8.87. The Kier molecular flexibility index (Phi) is 3.95. The van der Waals surface area contributed by atoms with Crippen molar-refractivity contribution in [3.05, 3.63) is 39.7 Å². The van der Waals surface area contributed by atoms with Gasteiger partial charge in [0.2, 0.25) is 5.95 Å². The summed E-state index contributed by atoms with van der Waals surface area (Å²) in [6.45, 7) is 0. The molecule has 18 heavy (non-hydrogen) atoms. The molecule has 0 radical (unpaired) electrons. The molecule has 8 heteroatoms. The Morgan fingerprint density at radius 3 is 2.83 bits per heavy atom. The number of aromatic nitrogens is 2. The first-order valence-corrected chi connectivity index (χ1v) is 5.98. The summed E-state index contributed by atoms with van der Waals surface area (Å²) in [7, 11) is 0. The molecule has 0 saturated heterocycles. The summed E-state index contributed by atoms with van der Waals surface area (Å²) in [5.41, 5.74) is 2.84. The maximum Gasteiger partial charge on any atom is 0.239 e. The van der Waals surface area contributed by atoms with Crippen molar-refractivity contribution in [3.63, 3.8) is 0 Å². The Bertz CT molecular complexity index is 580. The minimum absolute atomic E-state index is 0.0617. The van der Waals surface area contributed by atoms with Crippen LogP contribution < -0.4 is 16.6 Å². The van der Waals surface area contributed by atoms with E-state index in [-0.39, 0.29) is 11.0 Å². The van der Waals surface area contributed by atoms with E-state index in [2.05, 4.69) is 36.6 Å². The van der Waals surface area contributed by atoms with Crippen LogP contribution in [-0.4, -0.2) is 9.97 Å². The molecule has 0 saturated carbocycles. The zero-order valence-electron chi connectivity index (χ0n) is 8.92. The lowest BCUT2D eigenvalue weighted by atomic mass is 10.3. The summed E-state index contributed by atoms with van der Waals surface area (Å²) in [6.07, 6.45) is 1.52. The van der Waals surface area contributed by atoms with E-state index in [1.54, 1.807) is 6.07 Å². The summed E-state index contributed by atoms with van der Waals surface area (Å²) in [5, 5.41) is 2.98. The van der Waals surface area contributed by atoms with Crippen molar-refractivity contribution in [2.45, 2.75) is 0 Å². The van der Waals surface area contributed by atoms with Gasteiger partial charge in [0, 0.05) is 11.9 Å². The van der Waals surface area contributed by atoms with Crippen LogP contribution in [-0.2, 0) is 0 Å². The zero-order valence-corrected chi connectivity index (χ0v) is 11.3. The van der Waals surface area contributed by atoms with E-state index in [0.717, 1.165) is 0 Å². The van der Waals surface area contributed by atoms with Crippen molar-refractivity contribution < 1.29 is 4.39 Å². The van der Waals surface area contributed by atoms with Gasteiger partial charge in [-0.1, -0.05) is 11.6 Å². The second kappa shape index (κ2) is 5.47. The zero-order chi connectivity index (χ0) is 13.1. The molecule has 4 N–H and O–H groups in total. The lowest BCUT2D eigenvalue weighted by Crippen LogP contribution is -2.11. The third-order valence-electron chi connectivity index (χ3n) is 2.06. The number of nitrogens with one attached hydrogen (secondary N) is 2. The van der Waals surface area contributed by atoms with Crippen LogP contribution in [0.5, 0.6) is 0 Å². The van der Waals surface area contributed by atoms with E-state index in [0.29, 0.717) is 16.0 Å². The highest BCUT2D eigenvalue weighted by molar-refractivity contribution is 9.10. The van der Waals surface area contributed by atoms with Gasteiger partial charge in [0.25, 0.3) is 0 Å². The molecule has 0 aliphatic heterocycles. The van der Waals surface area contributed by atoms with E-state index in [1.165, 1.54) is 18.3 Å². The largest absolute Gasteiger partial charge is 0.339 e. The van der Waals surface area contributed by atoms with Crippen LogP contribution in [0.15, 0.2) is 28.9 Å². The standard InChI is InChI=1S/C10H8BrClFN5/c11-6-4-15-10(18-14)17-9(6)16-5-1-2-7(12)8(13)3-5/h1-4H,14H2,(H2,15,16,17,18).